The lowest BCUT2D eigenvalue weighted by atomic mass is 10.2. The van der Waals surface area contributed by atoms with Gasteiger partial charge in [-0.3, -0.25) is 9.48 Å². The van der Waals surface area contributed by atoms with Crippen molar-refractivity contribution in [1.29, 1.82) is 0 Å². The minimum absolute atomic E-state index is 0.0971. The Morgan fingerprint density at radius 1 is 1.35 bits per heavy atom. The van der Waals surface area contributed by atoms with Gasteiger partial charge in [-0.1, -0.05) is 11.6 Å². The summed E-state index contributed by atoms with van der Waals surface area (Å²) in [5, 5.41) is 11.3. The quantitative estimate of drug-likeness (QED) is 0.844. The number of anilines is 2. The third-order valence-electron chi connectivity index (χ3n) is 3.73. The molecule has 2 N–H and O–H groups in total. The normalized spacial score (nSPS) is 14.1. The number of hydrogen-bond acceptors (Lipinski definition) is 3. The van der Waals surface area contributed by atoms with Crippen LogP contribution >= 0.6 is 11.6 Å². The van der Waals surface area contributed by atoms with E-state index in [1.807, 2.05) is 29.1 Å². The van der Waals surface area contributed by atoms with E-state index in [0.29, 0.717) is 11.1 Å². The van der Waals surface area contributed by atoms with E-state index in [1.165, 1.54) is 12.8 Å². The van der Waals surface area contributed by atoms with Crippen molar-refractivity contribution < 1.29 is 4.79 Å². The topological polar surface area (TPSA) is 59.0 Å². The molecule has 5 nitrogen and oxygen atoms in total. The number of aromatic nitrogens is 2. The van der Waals surface area contributed by atoms with Crippen molar-refractivity contribution in [3.05, 3.63) is 41.2 Å². The molecule has 122 valence electrons. The lowest BCUT2D eigenvalue weighted by Crippen LogP contribution is -2.17. The van der Waals surface area contributed by atoms with E-state index in [1.54, 1.807) is 6.07 Å². The Bertz CT molecular complexity index is 706. The number of rotatable bonds is 6. The van der Waals surface area contributed by atoms with Crippen molar-refractivity contribution in [3.8, 4) is 0 Å². The maximum atomic E-state index is 12.3. The average Bonchev–Trinajstić information content (AvgIpc) is 3.18. The van der Waals surface area contributed by atoms with E-state index in [4.69, 9.17) is 11.6 Å². The summed E-state index contributed by atoms with van der Waals surface area (Å²) in [7, 11) is 0. The molecule has 3 rings (SSSR count). The summed E-state index contributed by atoms with van der Waals surface area (Å²) in [5.74, 6) is -0.0971. The summed E-state index contributed by atoms with van der Waals surface area (Å²) >= 11 is 6.06. The van der Waals surface area contributed by atoms with Crippen molar-refractivity contribution in [2.45, 2.75) is 45.2 Å². The van der Waals surface area contributed by atoms with Gasteiger partial charge in [-0.2, -0.15) is 5.10 Å². The number of carbonyl (C=O) groups excluding carboxylic acids is 1. The molecule has 0 radical (unpaired) electrons. The fraction of sp³-hybridized carbons (Fsp3) is 0.412. The van der Waals surface area contributed by atoms with E-state index in [2.05, 4.69) is 29.6 Å². The van der Waals surface area contributed by atoms with Gasteiger partial charge in [0.25, 0.3) is 0 Å². The first-order valence-electron chi connectivity index (χ1n) is 7.91. The molecule has 0 spiro atoms. The van der Waals surface area contributed by atoms with Crippen LogP contribution in [-0.2, 0) is 11.2 Å². The fourth-order valence-corrected chi connectivity index (χ4v) is 2.48. The highest BCUT2D eigenvalue weighted by Crippen LogP contribution is 2.31. The second-order valence-electron chi connectivity index (χ2n) is 6.21. The molecule has 1 saturated carbocycles. The predicted molar refractivity (Wildman–Crippen MR) is 93.0 cm³/mol. The number of halogens is 1. The maximum absolute atomic E-state index is 12.3. The molecule has 1 amide bonds. The van der Waals surface area contributed by atoms with Crippen LogP contribution in [0.5, 0.6) is 0 Å². The largest absolute Gasteiger partial charge is 0.381 e. The highest BCUT2D eigenvalue weighted by Gasteiger charge is 2.22. The zero-order chi connectivity index (χ0) is 16.4. The van der Waals surface area contributed by atoms with Crippen LogP contribution in [0.25, 0.3) is 0 Å². The molecule has 2 aromatic rings. The zero-order valence-corrected chi connectivity index (χ0v) is 14.1. The highest BCUT2D eigenvalue weighted by molar-refractivity contribution is 6.31. The molecular formula is C17H21ClN4O. The van der Waals surface area contributed by atoms with Crippen LogP contribution in [0.3, 0.4) is 0 Å². The number of amides is 1. The predicted octanol–water partition coefficient (Wildman–Crippen LogP) is 3.87. The molecule has 6 heteroatoms. The lowest BCUT2D eigenvalue weighted by molar-refractivity contribution is -0.115. The van der Waals surface area contributed by atoms with E-state index < -0.39 is 0 Å². The van der Waals surface area contributed by atoms with Crippen molar-refractivity contribution in [2.24, 2.45) is 0 Å². The van der Waals surface area contributed by atoms with Gasteiger partial charge < -0.3 is 10.6 Å². The summed E-state index contributed by atoms with van der Waals surface area (Å²) < 4.78 is 1.85. The van der Waals surface area contributed by atoms with Gasteiger partial charge >= 0.3 is 0 Å². The van der Waals surface area contributed by atoms with Crippen LogP contribution in [0, 0.1) is 0 Å². The molecule has 0 atom stereocenters. The standard InChI is InChI=1S/C17H21ClN4O/c1-11(2)22-8-7-14(21-22)10-17(23)20-16-9-12(18)3-6-15(16)19-13-4-5-13/h3,6-9,11,13,19H,4-5,10H2,1-2H3,(H,20,23). The minimum Gasteiger partial charge on any atom is -0.381 e. The second-order valence-corrected chi connectivity index (χ2v) is 6.65. The molecule has 1 heterocycles. The summed E-state index contributed by atoms with van der Waals surface area (Å²) in [6.45, 7) is 4.11. The summed E-state index contributed by atoms with van der Waals surface area (Å²) in [6, 6.07) is 8.18. The third kappa shape index (κ3) is 4.26. The Balaban J connectivity index is 1.67. The molecule has 23 heavy (non-hydrogen) atoms. The average molecular weight is 333 g/mol. The van der Waals surface area contributed by atoms with Crippen LogP contribution < -0.4 is 10.6 Å². The third-order valence-corrected chi connectivity index (χ3v) is 3.96. The minimum atomic E-state index is -0.0971. The van der Waals surface area contributed by atoms with E-state index in [0.717, 1.165) is 17.1 Å². The van der Waals surface area contributed by atoms with Crippen molar-refractivity contribution >= 4 is 28.9 Å². The van der Waals surface area contributed by atoms with E-state index in [9.17, 15) is 4.79 Å². The van der Waals surface area contributed by atoms with Crippen molar-refractivity contribution in [2.75, 3.05) is 10.6 Å². The van der Waals surface area contributed by atoms with Gasteiger partial charge in [0.05, 0.1) is 23.5 Å². The van der Waals surface area contributed by atoms with Crippen molar-refractivity contribution in [3.63, 3.8) is 0 Å². The Hall–Kier alpha value is -2.01. The number of nitrogens with one attached hydrogen (secondary N) is 2. The van der Waals surface area contributed by atoms with Crippen LogP contribution in [0.2, 0.25) is 5.02 Å². The Morgan fingerprint density at radius 2 is 2.13 bits per heavy atom. The number of benzene rings is 1. The first-order chi connectivity index (χ1) is 11.0. The highest BCUT2D eigenvalue weighted by atomic mass is 35.5. The van der Waals surface area contributed by atoms with Crippen LogP contribution in [-0.4, -0.2) is 21.7 Å². The van der Waals surface area contributed by atoms with Gasteiger partial charge in [-0.25, -0.2) is 0 Å². The number of hydrogen-bond donors (Lipinski definition) is 2. The van der Waals surface area contributed by atoms with E-state index >= 15 is 0 Å². The molecule has 0 aliphatic heterocycles. The van der Waals surface area contributed by atoms with Gasteiger partial charge in [-0.05, 0) is 51.0 Å². The lowest BCUT2D eigenvalue weighted by Gasteiger charge is -2.13. The van der Waals surface area contributed by atoms with E-state index in [-0.39, 0.29) is 18.4 Å². The molecule has 1 aliphatic rings. The molecular weight excluding hydrogens is 312 g/mol. The molecule has 0 unspecified atom stereocenters. The summed E-state index contributed by atoms with van der Waals surface area (Å²) in [5.41, 5.74) is 2.39. The van der Waals surface area contributed by atoms with Crippen molar-refractivity contribution in [1.82, 2.24) is 9.78 Å². The Kier molecular flexibility index (Phi) is 4.57. The first kappa shape index (κ1) is 15.9. The summed E-state index contributed by atoms with van der Waals surface area (Å²) in [6.07, 6.45) is 4.48. The zero-order valence-electron chi connectivity index (χ0n) is 13.3. The monoisotopic (exact) mass is 332 g/mol. The molecule has 1 aromatic carbocycles. The van der Waals surface area contributed by atoms with Gasteiger partial charge in [0.2, 0.25) is 5.91 Å². The second kappa shape index (κ2) is 6.62. The SMILES string of the molecule is CC(C)n1ccc(CC(=O)Nc2cc(Cl)ccc2NC2CC2)n1. The fourth-order valence-electron chi connectivity index (χ4n) is 2.31. The van der Waals surface area contributed by atoms with Gasteiger partial charge in [0.1, 0.15) is 0 Å². The molecule has 0 bridgehead atoms. The Labute approximate surface area is 141 Å². The Morgan fingerprint density at radius 3 is 2.78 bits per heavy atom. The van der Waals surface area contributed by atoms with Crippen LogP contribution in [0.1, 0.15) is 38.4 Å². The molecule has 1 aliphatic carbocycles. The smallest absolute Gasteiger partial charge is 0.230 e. The first-order valence-corrected chi connectivity index (χ1v) is 8.29. The van der Waals surface area contributed by atoms with Gasteiger partial charge in [0, 0.05) is 23.3 Å². The maximum Gasteiger partial charge on any atom is 0.230 e. The van der Waals surface area contributed by atoms with Crippen LogP contribution in [0.15, 0.2) is 30.5 Å². The number of carbonyl (C=O) groups is 1. The van der Waals surface area contributed by atoms with Gasteiger partial charge in [0.15, 0.2) is 0 Å². The summed E-state index contributed by atoms with van der Waals surface area (Å²) in [4.78, 5) is 12.3. The molecule has 1 fully saturated rings. The molecule has 1 aromatic heterocycles. The van der Waals surface area contributed by atoms with Crippen LogP contribution in [0.4, 0.5) is 11.4 Å². The molecule has 0 saturated heterocycles. The van der Waals surface area contributed by atoms with Gasteiger partial charge in [-0.15, -0.1) is 0 Å². The number of nitrogens with zero attached hydrogens (tertiary/aromatic N) is 2.